The van der Waals surface area contributed by atoms with Crippen molar-refractivity contribution < 1.29 is 13.2 Å². The Hall–Kier alpha value is -2.60. The van der Waals surface area contributed by atoms with Gasteiger partial charge in [-0.1, -0.05) is 42.5 Å². The highest BCUT2D eigenvalue weighted by atomic mass is 19.4. The lowest BCUT2D eigenvalue weighted by atomic mass is 10.1. The molecule has 124 valence electrons. The number of aromatic nitrogens is 2. The third-order valence-electron chi connectivity index (χ3n) is 3.68. The second kappa shape index (κ2) is 6.49. The first kappa shape index (κ1) is 16.3. The molecule has 2 N–H and O–H groups in total. The van der Waals surface area contributed by atoms with Gasteiger partial charge in [0.15, 0.2) is 5.69 Å². The smallest absolute Gasteiger partial charge is 0.330 e. The maximum absolute atomic E-state index is 13.1. The second-order valence-electron chi connectivity index (χ2n) is 5.40. The van der Waals surface area contributed by atoms with Crippen LogP contribution >= 0.6 is 0 Å². The van der Waals surface area contributed by atoms with Gasteiger partial charge in [-0.2, -0.15) is 18.3 Å². The molecule has 3 rings (SSSR count). The average molecular weight is 331 g/mol. The lowest BCUT2D eigenvalue weighted by Crippen LogP contribution is -2.07. The average Bonchev–Trinajstić information content (AvgIpc) is 3.02. The van der Waals surface area contributed by atoms with E-state index in [1.165, 1.54) is 4.68 Å². The fourth-order valence-corrected chi connectivity index (χ4v) is 2.50. The summed E-state index contributed by atoms with van der Waals surface area (Å²) in [5.74, 6) is 0. The lowest BCUT2D eigenvalue weighted by Gasteiger charge is -2.08. The van der Waals surface area contributed by atoms with Crippen molar-refractivity contribution in [3.05, 3.63) is 71.9 Å². The quantitative estimate of drug-likeness (QED) is 0.783. The summed E-state index contributed by atoms with van der Waals surface area (Å²) in [7, 11) is 0. The zero-order valence-electron chi connectivity index (χ0n) is 12.8. The molecular formula is C18H16F3N3. The monoisotopic (exact) mass is 331 g/mol. The van der Waals surface area contributed by atoms with Crippen LogP contribution < -0.4 is 5.73 Å². The summed E-state index contributed by atoms with van der Waals surface area (Å²) in [6, 6.07) is 17.2. The van der Waals surface area contributed by atoms with E-state index in [4.69, 9.17) is 5.73 Å². The predicted octanol–water partition coefficient (Wildman–Crippen LogP) is 4.06. The molecule has 0 bridgehead atoms. The Kier molecular flexibility index (Phi) is 4.40. The van der Waals surface area contributed by atoms with E-state index in [1.54, 1.807) is 36.4 Å². The Labute approximate surface area is 137 Å². The molecule has 0 radical (unpaired) electrons. The maximum Gasteiger partial charge on any atom is 0.435 e. The number of nitrogens with two attached hydrogens (primary N) is 1. The molecule has 0 aliphatic rings. The van der Waals surface area contributed by atoms with Crippen molar-refractivity contribution in [1.82, 2.24) is 9.78 Å². The van der Waals surface area contributed by atoms with Gasteiger partial charge in [0.1, 0.15) is 0 Å². The Morgan fingerprint density at radius 1 is 0.958 bits per heavy atom. The number of nitrogens with zero attached hydrogens (tertiary/aromatic N) is 2. The lowest BCUT2D eigenvalue weighted by molar-refractivity contribution is -0.141. The highest BCUT2D eigenvalue weighted by Crippen LogP contribution is 2.33. The van der Waals surface area contributed by atoms with Crippen LogP contribution in [0.25, 0.3) is 16.9 Å². The second-order valence-corrected chi connectivity index (χ2v) is 5.40. The van der Waals surface area contributed by atoms with Gasteiger partial charge in [-0.3, -0.25) is 0 Å². The van der Waals surface area contributed by atoms with Crippen LogP contribution in [0.5, 0.6) is 0 Å². The van der Waals surface area contributed by atoms with Gasteiger partial charge in [-0.15, -0.1) is 0 Å². The van der Waals surface area contributed by atoms with E-state index in [0.29, 0.717) is 23.5 Å². The van der Waals surface area contributed by atoms with Gasteiger partial charge in [0.25, 0.3) is 0 Å². The zero-order valence-corrected chi connectivity index (χ0v) is 12.8. The van der Waals surface area contributed by atoms with Crippen LogP contribution in [0.4, 0.5) is 13.2 Å². The summed E-state index contributed by atoms with van der Waals surface area (Å²) in [4.78, 5) is 0. The van der Waals surface area contributed by atoms with Gasteiger partial charge < -0.3 is 5.73 Å². The molecule has 6 heteroatoms. The van der Waals surface area contributed by atoms with E-state index in [9.17, 15) is 13.2 Å². The molecule has 3 nitrogen and oxygen atoms in total. The topological polar surface area (TPSA) is 43.8 Å². The van der Waals surface area contributed by atoms with Crippen molar-refractivity contribution in [1.29, 1.82) is 0 Å². The Balaban J connectivity index is 2.10. The van der Waals surface area contributed by atoms with E-state index in [0.717, 1.165) is 18.1 Å². The molecule has 0 aliphatic heterocycles. The van der Waals surface area contributed by atoms with E-state index in [-0.39, 0.29) is 0 Å². The molecule has 0 saturated carbocycles. The minimum Gasteiger partial charge on any atom is -0.330 e. The van der Waals surface area contributed by atoms with Gasteiger partial charge in [0, 0.05) is 5.56 Å². The van der Waals surface area contributed by atoms with Crippen molar-refractivity contribution in [2.24, 2.45) is 5.73 Å². The van der Waals surface area contributed by atoms with Crippen molar-refractivity contribution in [3.8, 4) is 16.9 Å². The molecular weight excluding hydrogens is 315 g/mol. The highest BCUT2D eigenvalue weighted by molar-refractivity contribution is 5.62. The molecule has 0 saturated heterocycles. The summed E-state index contributed by atoms with van der Waals surface area (Å²) < 4.78 is 40.6. The molecule has 0 aliphatic carbocycles. The number of hydrogen-bond acceptors (Lipinski definition) is 2. The van der Waals surface area contributed by atoms with Gasteiger partial charge in [-0.05, 0) is 36.7 Å². The maximum atomic E-state index is 13.1. The molecule has 1 aromatic heterocycles. The first-order valence-corrected chi connectivity index (χ1v) is 7.51. The number of benzene rings is 2. The van der Waals surface area contributed by atoms with Crippen LogP contribution in [0.15, 0.2) is 60.7 Å². The Morgan fingerprint density at radius 2 is 1.62 bits per heavy atom. The fraction of sp³-hybridized carbons (Fsp3) is 0.167. The SMILES string of the molecule is NCCc1ccc(-n2nc(C(F)(F)F)cc2-c2ccccc2)cc1. The molecule has 0 fully saturated rings. The van der Waals surface area contributed by atoms with Crippen LogP contribution in [0.3, 0.4) is 0 Å². The standard InChI is InChI=1S/C18H16F3N3/c19-18(20,21)17-12-16(14-4-2-1-3-5-14)24(23-17)15-8-6-13(7-9-15)10-11-22/h1-9,12H,10-11,22H2. The van der Waals surface area contributed by atoms with Gasteiger partial charge in [-0.25, -0.2) is 4.68 Å². The van der Waals surface area contributed by atoms with E-state index in [2.05, 4.69) is 5.10 Å². The van der Waals surface area contributed by atoms with Crippen LogP contribution in [0.1, 0.15) is 11.3 Å². The molecule has 0 spiro atoms. The number of alkyl halides is 3. The summed E-state index contributed by atoms with van der Waals surface area (Å²) in [6.07, 6.45) is -3.77. The number of hydrogen-bond donors (Lipinski definition) is 1. The van der Waals surface area contributed by atoms with E-state index < -0.39 is 11.9 Å². The van der Waals surface area contributed by atoms with Crippen molar-refractivity contribution in [2.45, 2.75) is 12.6 Å². The summed E-state index contributed by atoms with van der Waals surface area (Å²) in [5.41, 5.74) is 7.29. The minimum atomic E-state index is -4.49. The molecule has 0 atom stereocenters. The first-order chi connectivity index (χ1) is 11.5. The minimum absolute atomic E-state index is 0.398. The summed E-state index contributed by atoms with van der Waals surface area (Å²) in [5, 5.41) is 3.77. The third-order valence-corrected chi connectivity index (χ3v) is 3.68. The van der Waals surface area contributed by atoms with Crippen LogP contribution in [-0.4, -0.2) is 16.3 Å². The van der Waals surface area contributed by atoms with Crippen molar-refractivity contribution >= 4 is 0 Å². The van der Waals surface area contributed by atoms with Gasteiger partial charge in [0.05, 0.1) is 11.4 Å². The molecule has 24 heavy (non-hydrogen) atoms. The Bertz CT molecular complexity index is 806. The largest absolute Gasteiger partial charge is 0.435 e. The molecule has 3 aromatic rings. The van der Waals surface area contributed by atoms with Crippen molar-refractivity contribution in [2.75, 3.05) is 6.54 Å². The molecule has 2 aromatic carbocycles. The van der Waals surface area contributed by atoms with Gasteiger partial charge in [0.2, 0.25) is 0 Å². The summed E-state index contributed by atoms with van der Waals surface area (Å²) >= 11 is 0. The van der Waals surface area contributed by atoms with Crippen LogP contribution in [-0.2, 0) is 12.6 Å². The molecule has 1 heterocycles. The fourth-order valence-electron chi connectivity index (χ4n) is 2.50. The number of halogens is 3. The molecule has 0 amide bonds. The van der Waals surface area contributed by atoms with Gasteiger partial charge >= 0.3 is 6.18 Å². The zero-order chi connectivity index (χ0) is 17.2. The van der Waals surface area contributed by atoms with Crippen molar-refractivity contribution in [3.63, 3.8) is 0 Å². The van der Waals surface area contributed by atoms with E-state index in [1.807, 2.05) is 18.2 Å². The molecule has 0 unspecified atom stereocenters. The number of rotatable bonds is 4. The third kappa shape index (κ3) is 3.33. The van der Waals surface area contributed by atoms with Crippen LogP contribution in [0, 0.1) is 0 Å². The first-order valence-electron chi connectivity index (χ1n) is 7.51. The van der Waals surface area contributed by atoms with Crippen LogP contribution in [0.2, 0.25) is 0 Å². The predicted molar refractivity (Wildman–Crippen MR) is 86.8 cm³/mol. The Morgan fingerprint density at radius 3 is 2.21 bits per heavy atom. The highest BCUT2D eigenvalue weighted by Gasteiger charge is 2.35. The van der Waals surface area contributed by atoms with E-state index >= 15 is 0 Å². The normalized spacial score (nSPS) is 11.7. The summed E-state index contributed by atoms with van der Waals surface area (Å²) in [6.45, 7) is 0.522.